The molecule has 0 aromatic carbocycles. The summed E-state index contributed by atoms with van der Waals surface area (Å²) in [5, 5.41) is 7.45. The van der Waals surface area contributed by atoms with E-state index in [2.05, 4.69) is 10.00 Å². The van der Waals surface area contributed by atoms with Gasteiger partial charge in [-0.25, -0.2) is 0 Å². The molecule has 3 rings (SSSR count). The molecule has 0 saturated heterocycles. The Hall–Kier alpha value is -1.89. The van der Waals surface area contributed by atoms with Crippen molar-refractivity contribution in [2.75, 3.05) is 27.7 Å². The molecule has 1 amide bonds. The normalized spacial score (nSPS) is 20.4. The molecule has 27 heavy (non-hydrogen) atoms. The molecule has 150 valence electrons. The van der Waals surface area contributed by atoms with E-state index in [1.807, 2.05) is 11.9 Å². The van der Waals surface area contributed by atoms with Crippen molar-refractivity contribution in [3.63, 3.8) is 0 Å². The van der Waals surface area contributed by atoms with Crippen molar-refractivity contribution < 1.29 is 14.3 Å². The molecule has 1 aromatic rings. The summed E-state index contributed by atoms with van der Waals surface area (Å²) in [6.07, 6.45) is 9.06. The van der Waals surface area contributed by atoms with Gasteiger partial charge >= 0.3 is 5.97 Å². The Morgan fingerprint density at radius 1 is 1.26 bits per heavy atom. The fraction of sp³-hybridized carbons (Fsp3) is 0.750. The van der Waals surface area contributed by atoms with Crippen molar-refractivity contribution >= 4 is 11.9 Å². The predicted molar refractivity (Wildman–Crippen MR) is 103 cm³/mol. The average Bonchev–Trinajstić information content (AvgIpc) is 3.05. The van der Waals surface area contributed by atoms with Crippen LogP contribution >= 0.6 is 0 Å². The second kappa shape index (κ2) is 8.87. The van der Waals surface area contributed by atoms with Crippen LogP contribution in [0.1, 0.15) is 60.3 Å². The van der Waals surface area contributed by atoms with E-state index in [9.17, 15) is 9.59 Å². The fourth-order valence-corrected chi connectivity index (χ4v) is 4.51. The van der Waals surface area contributed by atoms with E-state index in [0.717, 1.165) is 31.4 Å². The molecule has 2 aliphatic rings. The highest BCUT2D eigenvalue weighted by molar-refractivity contribution is 5.93. The maximum Gasteiger partial charge on any atom is 0.319 e. The number of ether oxygens (including phenoxy) is 1. The van der Waals surface area contributed by atoms with Gasteiger partial charge in [0.05, 0.1) is 13.7 Å². The first kappa shape index (κ1) is 19.9. The molecule has 2 aliphatic carbocycles. The van der Waals surface area contributed by atoms with Gasteiger partial charge in [-0.2, -0.15) is 5.10 Å². The molecule has 0 aliphatic heterocycles. The van der Waals surface area contributed by atoms with Gasteiger partial charge in [-0.3, -0.25) is 19.2 Å². The lowest BCUT2D eigenvalue weighted by molar-refractivity contribution is -0.142. The number of methoxy groups -OCH3 is 1. The molecule has 0 radical (unpaired) electrons. The average molecular weight is 377 g/mol. The topological polar surface area (TPSA) is 76.5 Å². The number of fused-ring (bicyclic) bond motifs is 1. The van der Waals surface area contributed by atoms with Gasteiger partial charge in [0.15, 0.2) is 5.69 Å². The number of rotatable bonds is 6. The molecule has 0 bridgehead atoms. The van der Waals surface area contributed by atoms with Crippen LogP contribution in [0.15, 0.2) is 0 Å². The first-order valence-electron chi connectivity index (χ1n) is 10.1. The number of carbonyl (C=O) groups is 2. The summed E-state index contributed by atoms with van der Waals surface area (Å²) in [7, 11) is 5.01. The third-order valence-electron chi connectivity index (χ3n) is 6.15. The predicted octanol–water partition coefficient (Wildman–Crippen LogP) is 1.79. The zero-order chi connectivity index (χ0) is 19.4. The Bertz CT molecular complexity index is 679. The van der Waals surface area contributed by atoms with Crippen molar-refractivity contribution in [1.82, 2.24) is 20.0 Å². The second-order valence-electron chi connectivity index (χ2n) is 7.93. The highest BCUT2D eigenvalue weighted by Crippen LogP contribution is 2.30. The molecule has 1 N–H and O–H groups in total. The summed E-state index contributed by atoms with van der Waals surface area (Å²) in [5.41, 5.74) is 2.82. The number of likely N-dealkylation sites (N-methyl/N-ethyl adjacent to an activating group) is 1. The lowest BCUT2D eigenvalue weighted by atomic mass is 9.88. The molecule has 1 atom stereocenters. The van der Waals surface area contributed by atoms with Gasteiger partial charge in [-0.1, -0.05) is 19.3 Å². The smallest absolute Gasteiger partial charge is 0.319 e. The largest absolute Gasteiger partial charge is 0.468 e. The molecule has 1 aromatic heterocycles. The van der Waals surface area contributed by atoms with E-state index in [-0.39, 0.29) is 24.5 Å². The van der Waals surface area contributed by atoms with Crippen molar-refractivity contribution in [3.05, 3.63) is 17.0 Å². The number of amides is 1. The standard InChI is InChI=1S/C20H32N4O3/c1-21-20(26)19-16-11-15(23(2)13-18(25)27-3)9-10-17(16)24(22-19)12-14-7-5-4-6-8-14/h14-15H,4-13H2,1-3H3,(H,21,26). The van der Waals surface area contributed by atoms with Crippen LogP contribution in [-0.2, 0) is 28.9 Å². The zero-order valence-corrected chi connectivity index (χ0v) is 16.8. The van der Waals surface area contributed by atoms with E-state index in [1.54, 1.807) is 7.05 Å². The minimum Gasteiger partial charge on any atom is -0.468 e. The third-order valence-corrected chi connectivity index (χ3v) is 6.15. The number of hydrogen-bond acceptors (Lipinski definition) is 5. The Morgan fingerprint density at radius 3 is 2.67 bits per heavy atom. The van der Waals surface area contributed by atoms with E-state index in [1.165, 1.54) is 44.9 Å². The van der Waals surface area contributed by atoms with E-state index in [0.29, 0.717) is 11.6 Å². The molecule has 0 spiro atoms. The molecule has 1 saturated carbocycles. The number of nitrogens with zero attached hydrogens (tertiary/aromatic N) is 3. The molecule has 1 fully saturated rings. The molecule has 1 unspecified atom stereocenters. The van der Waals surface area contributed by atoms with E-state index in [4.69, 9.17) is 9.84 Å². The first-order chi connectivity index (χ1) is 13.0. The summed E-state index contributed by atoms with van der Waals surface area (Å²) in [6, 6.07) is 0.215. The van der Waals surface area contributed by atoms with E-state index >= 15 is 0 Å². The van der Waals surface area contributed by atoms with Crippen LogP contribution in [0, 0.1) is 5.92 Å². The fourth-order valence-electron chi connectivity index (χ4n) is 4.51. The summed E-state index contributed by atoms with van der Waals surface area (Å²) in [6.45, 7) is 1.18. The highest BCUT2D eigenvalue weighted by atomic mass is 16.5. The van der Waals surface area contributed by atoms with Gasteiger partial charge in [-0.15, -0.1) is 0 Å². The van der Waals surface area contributed by atoms with Crippen LogP contribution < -0.4 is 5.32 Å². The number of carbonyl (C=O) groups excluding carboxylic acids is 2. The minimum atomic E-state index is -0.234. The maximum atomic E-state index is 12.4. The number of hydrogen-bond donors (Lipinski definition) is 1. The van der Waals surface area contributed by atoms with Crippen LogP contribution in [0.2, 0.25) is 0 Å². The molecular formula is C20H32N4O3. The number of aromatic nitrogens is 2. The molecular weight excluding hydrogens is 344 g/mol. The zero-order valence-electron chi connectivity index (χ0n) is 16.8. The Kier molecular flexibility index (Phi) is 6.52. The monoisotopic (exact) mass is 376 g/mol. The lowest BCUT2D eigenvalue weighted by Crippen LogP contribution is -2.40. The van der Waals surface area contributed by atoms with E-state index < -0.39 is 0 Å². The van der Waals surface area contributed by atoms with Crippen molar-refractivity contribution in [2.24, 2.45) is 5.92 Å². The van der Waals surface area contributed by atoms with Crippen LogP contribution in [0.25, 0.3) is 0 Å². The first-order valence-corrected chi connectivity index (χ1v) is 10.1. The minimum absolute atomic E-state index is 0.120. The van der Waals surface area contributed by atoms with Crippen LogP contribution in [0.5, 0.6) is 0 Å². The van der Waals surface area contributed by atoms with Crippen LogP contribution in [0.4, 0.5) is 0 Å². The molecule has 7 nitrogen and oxygen atoms in total. The van der Waals surface area contributed by atoms with Crippen molar-refractivity contribution in [3.8, 4) is 0 Å². The van der Waals surface area contributed by atoms with Gasteiger partial charge in [-0.05, 0) is 45.1 Å². The summed E-state index contributed by atoms with van der Waals surface area (Å²) >= 11 is 0. The Balaban J connectivity index is 1.80. The quantitative estimate of drug-likeness (QED) is 0.766. The van der Waals surface area contributed by atoms with Gasteiger partial charge in [0.2, 0.25) is 0 Å². The Morgan fingerprint density at radius 2 is 2.00 bits per heavy atom. The second-order valence-corrected chi connectivity index (χ2v) is 7.93. The van der Waals surface area contributed by atoms with Crippen molar-refractivity contribution in [2.45, 2.75) is 64.0 Å². The van der Waals surface area contributed by atoms with Gasteiger partial charge < -0.3 is 10.1 Å². The molecule has 7 heteroatoms. The molecule has 1 heterocycles. The third kappa shape index (κ3) is 4.51. The van der Waals surface area contributed by atoms with Crippen LogP contribution in [-0.4, -0.2) is 60.3 Å². The van der Waals surface area contributed by atoms with Gasteiger partial charge in [0.1, 0.15) is 0 Å². The summed E-state index contributed by atoms with van der Waals surface area (Å²) in [4.78, 5) is 26.1. The summed E-state index contributed by atoms with van der Waals surface area (Å²) < 4.78 is 6.89. The lowest BCUT2D eigenvalue weighted by Gasteiger charge is -2.31. The van der Waals surface area contributed by atoms with Crippen LogP contribution in [0.3, 0.4) is 0 Å². The Labute approximate surface area is 161 Å². The van der Waals surface area contributed by atoms with Gasteiger partial charge in [0, 0.05) is 30.9 Å². The SMILES string of the molecule is CNC(=O)c1nn(CC2CCCCC2)c2c1CC(N(C)CC(=O)OC)CC2. The highest BCUT2D eigenvalue weighted by Gasteiger charge is 2.31. The summed E-state index contributed by atoms with van der Waals surface area (Å²) in [5.74, 6) is 0.313. The van der Waals surface area contributed by atoms with Gasteiger partial charge in [0.25, 0.3) is 5.91 Å². The van der Waals surface area contributed by atoms with Crippen molar-refractivity contribution in [1.29, 1.82) is 0 Å². The number of esters is 1. The maximum absolute atomic E-state index is 12.4. The number of nitrogens with one attached hydrogen (secondary N) is 1.